The summed E-state index contributed by atoms with van der Waals surface area (Å²) in [6.45, 7) is 0. The zero-order valence-electron chi connectivity index (χ0n) is 9.32. The summed E-state index contributed by atoms with van der Waals surface area (Å²) in [4.78, 5) is 5.53. The number of benzene rings is 1. The number of nitrogens with zero attached hydrogens (tertiary/aromatic N) is 1. The van der Waals surface area contributed by atoms with Gasteiger partial charge in [0.05, 0.1) is 5.69 Å². The lowest BCUT2D eigenvalue weighted by atomic mass is 9.85. The van der Waals surface area contributed by atoms with Crippen LogP contribution in [0.2, 0.25) is 0 Å². The predicted molar refractivity (Wildman–Crippen MR) is 67.7 cm³/mol. The molecule has 0 fully saturated rings. The number of aromatic nitrogens is 1. The molecular weight excluding hydrogens is 235 g/mol. The number of hydrogen-bond donors (Lipinski definition) is 1. The van der Waals surface area contributed by atoms with Gasteiger partial charge in [-0.05, 0) is 36.8 Å². The summed E-state index contributed by atoms with van der Waals surface area (Å²) in [6, 6.07) is 7.05. The number of hydrogen-bond acceptors (Lipinski definition) is 3. The van der Waals surface area contributed by atoms with E-state index in [-0.39, 0.29) is 11.7 Å². The van der Waals surface area contributed by atoms with E-state index in [9.17, 15) is 4.39 Å². The minimum Gasteiger partial charge on any atom is -0.375 e. The van der Waals surface area contributed by atoms with Gasteiger partial charge in [-0.3, -0.25) is 0 Å². The minimum atomic E-state index is -0.0987. The summed E-state index contributed by atoms with van der Waals surface area (Å²) in [7, 11) is 0. The van der Waals surface area contributed by atoms with Gasteiger partial charge in [-0.15, -0.1) is 11.3 Å². The lowest BCUT2D eigenvalue weighted by molar-refractivity contribution is 0.534. The SMILES string of the molecule is Nc1nc2c(s1)CC(c1ccccc1F)CC2. The number of anilines is 1. The van der Waals surface area contributed by atoms with Crippen LogP contribution in [0.15, 0.2) is 24.3 Å². The first kappa shape index (κ1) is 10.7. The van der Waals surface area contributed by atoms with Crippen LogP contribution in [0.25, 0.3) is 0 Å². The molecule has 1 unspecified atom stereocenters. The van der Waals surface area contributed by atoms with Crippen LogP contribution in [-0.4, -0.2) is 4.98 Å². The third kappa shape index (κ3) is 1.93. The molecule has 1 heterocycles. The Balaban J connectivity index is 1.91. The van der Waals surface area contributed by atoms with E-state index in [1.807, 2.05) is 12.1 Å². The highest BCUT2D eigenvalue weighted by Gasteiger charge is 2.24. The highest BCUT2D eigenvalue weighted by molar-refractivity contribution is 7.15. The maximum Gasteiger partial charge on any atom is 0.180 e. The van der Waals surface area contributed by atoms with Gasteiger partial charge in [0.15, 0.2) is 5.13 Å². The Morgan fingerprint density at radius 2 is 2.18 bits per heavy atom. The fraction of sp³-hybridized carbons (Fsp3) is 0.308. The molecule has 1 aromatic carbocycles. The van der Waals surface area contributed by atoms with Crippen molar-refractivity contribution in [1.29, 1.82) is 0 Å². The second-order valence-corrected chi connectivity index (χ2v) is 5.50. The molecule has 4 heteroatoms. The molecule has 2 aromatic rings. The van der Waals surface area contributed by atoms with Crippen LogP contribution in [-0.2, 0) is 12.8 Å². The highest BCUT2D eigenvalue weighted by atomic mass is 32.1. The number of nitrogens with two attached hydrogens (primary N) is 1. The molecular formula is C13H13FN2S. The molecule has 0 amide bonds. The van der Waals surface area contributed by atoms with Crippen molar-refractivity contribution in [3.05, 3.63) is 46.2 Å². The number of thiazole rings is 1. The van der Waals surface area contributed by atoms with Crippen molar-refractivity contribution in [2.45, 2.75) is 25.2 Å². The average Bonchev–Trinajstić information content (AvgIpc) is 2.68. The largest absolute Gasteiger partial charge is 0.375 e. The number of nitrogen functional groups attached to an aromatic ring is 1. The van der Waals surface area contributed by atoms with Gasteiger partial charge < -0.3 is 5.73 Å². The summed E-state index contributed by atoms with van der Waals surface area (Å²) >= 11 is 1.54. The van der Waals surface area contributed by atoms with Crippen LogP contribution in [0.3, 0.4) is 0 Å². The third-order valence-electron chi connectivity index (χ3n) is 3.30. The Morgan fingerprint density at radius 1 is 1.35 bits per heavy atom. The molecule has 88 valence electrons. The molecule has 2 nitrogen and oxygen atoms in total. The van der Waals surface area contributed by atoms with Crippen LogP contribution in [0, 0.1) is 5.82 Å². The molecule has 0 spiro atoms. The first-order valence-corrected chi connectivity index (χ1v) is 6.54. The van der Waals surface area contributed by atoms with Gasteiger partial charge in [0, 0.05) is 4.88 Å². The van der Waals surface area contributed by atoms with E-state index in [0.717, 1.165) is 30.5 Å². The van der Waals surface area contributed by atoms with Gasteiger partial charge in [0.1, 0.15) is 5.82 Å². The molecule has 0 saturated carbocycles. The number of fused-ring (bicyclic) bond motifs is 1. The predicted octanol–water partition coefficient (Wildman–Crippen LogP) is 3.14. The van der Waals surface area contributed by atoms with Crippen LogP contribution in [0.4, 0.5) is 9.52 Å². The van der Waals surface area contributed by atoms with E-state index in [4.69, 9.17) is 5.73 Å². The molecule has 0 radical (unpaired) electrons. The van der Waals surface area contributed by atoms with E-state index in [2.05, 4.69) is 4.98 Å². The number of halogens is 1. The smallest absolute Gasteiger partial charge is 0.180 e. The zero-order valence-corrected chi connectivity index (χ0v) is 10.1. The zero-order chi connectivity index (χ0) is 11.8. The fourth-order valence-corrected chi connectivity index (χ4v) is 3.42. The molecule has 1 aromatic heterocycles. The van der Waals surface area contributed by atoms with Crippen molar-refractivity contribution in [3.8, 4) is 0 Å². The summed E-state index contributed by atoms with van der Waals surface area (Å²) < 4.78 is 13.7. The van der Waals surface area contributed by atoms with Gasteiger partial charge in [-0.25, -0.2) is 9.37 Å². The van der Waals surface area contributed by atoms with E-state index in [1.165, 1.54) is 22.3 Å². The van der Waals surface area contributed by atoms with E-state index in [1.54, 1.807) is 6.07 Å². The Morgan fingerprint density at radius 3 is 3.00 bits per heavy atom. The van der Waals surface area contributed by atoms with E-state index < -0.39 is 0 Å². The summed E-state index contributed by atoms with van der Waals surface area (Å²) in [5.41, 5.74) is 7.64. The molecule has 0 aliphatic heterocycles. The third-order valence-corrected chi connectivity index (χ3v) is 4.25. The quantitative estimate of drug-likeness (QED) is 0.842. The van der Waals surface area contributed by atoms with E-state index in [0.29, 0.717) is 5.13 Å². The van der Waals surface area contributed by atoms with Gasteiger partial charge in [0.2, 0.25) is 0 Å². The van der Waals surface area contributed by atoms with Gasteiger partial charge >= 0.3 is 0 Å². The molecule has 17 heavy (non-hydrogen) atoms. The number of aryl methyl sites for hydroxylation is 1. The standard InChI is InChI=1S/C13H13FN2S/c14-10-4-2-1-3-9(10)8-5-6-11-12(7-8)17-13(15)16-11/h1-4,8H,5-7H2,(H2,15,16). The van der Waals surface area contributed by atoms with Crippen LogP contribution in [0.5, 0.6) is 0 Å². The summed E-state index contributed by atoms with van der Waals surface area (Å²) in [5, 5.41) is 0.629. The van der Waals surface area contributed by atoms with Crippen molar-refractivity contribution in [1.82, 2.24) is 4.98 Å². The van der Waals surface area contributed by atoms with Crippen molar-refractivity contribution in [3.63, 3.8) is 0 Å². The van der Waals surface area contributed by atoms with Crippen molar-refractivity contribution in [2.24, 2.45) is 0 Å². The number of rotatable bonds is 1. The lowest BCUT2D eigenvalue weighted by Gasteiger charge is -2.21. The molecule has 2 N–H and O–H groups in total. The monoisotopic (exact) mass is 248 g/mol. The Labute approximate surface area is 103 Å². The maximum atomic E-state index is 13.7. The molecule has 1 aliphatic carbocycles. The maximum absolute atomic E-state index is 13.7. The average molecular weight is 248 g/mol. The molecule has 1 atom stereocenters. The van der Waals surface area contributed by atoms with E-state index >= 15 is 0 Å². The normalized spacial score (nSPS) is 19.0. The molecule has 0 bridgehead atoms. The molecule has 0 saturated heterocycles. The van der Waals surface area contributed by atoms with Gasteiger partial charge in [-0.2, -0.15) is 0 Å². The highest BCUT2D eigenvalue weighted by Crippen LogP contribution is 2.36. The second kappa shape index (κ2) is 4.11. The van der Waals surface area contributed by atoms with Crippen LogP contribution >= 0.6 is 11.3 Å². The Hall–Kier alpha value is -1.42. The first-order chi connectivity index (χ1) is 8.24. The van der Waals surface area contributed by atoms with Crippen molar-refractivity contribution >= 4 is 16.5 Å². The Bertz CT molecular complexity index is 550. The summed E-state index contributed by atoms with van der Waals surface area (Å²) in [5.74, 6) is 0.169. The Kier molecular flexibility index (Phi) is 2.59. The van der Waals surface area contributed by atoms with Gasteiger partial charge in [0.25, 0.3) is 0 Å². The van der Waals surface area contributed by atoms with Crippen LogP contribution < -0.4 is 5.73 Å². The molecule has 3 rings (SSSR count). The minimum absolute atomic E-state index is 0.0987. The van der Waals surface area contributed by atoms with Gasteiger partial charge in [-0.1, -0.05) is 18.2 Å². The summed E-state index contributed by atoms with van der Waals surface area (Å²) in [6.07, 6.45) is 2.73. The second-order valence-electron chi connectivity index (χ2n) is 4.38. The topological polar surface area (TPSA) is 38.9 Å². The van der Waals surface area contributed by atoms with Crippen LogP contribution in [0.1, 0.15) is 28.5 Å². The van der Waals surface area contributed by atoms with Crippen molar-refractivity contribution in [2.75, 3.05) is 5.73 Å². The first-order valence-electron chi connectivity index (χ1n) is 5.72. The molecule has 1 aliphatic rings. The fourth-order valence-electron chi connectivity index (χ4n) is 2.47. The van der Waals surface area contributed by atoms with Crippen molar-refractivity contribution < 1.29 is 4.39 Å². The lowest BCUT2D eigenvalue weighted by Crippen LogP contribution is -2.12.